The molecule has 7 nitrogen and oxygen atoms in total. The highest BCUT2D eigenvalue weighted by Gasteiger charge is 2.19. The Balaban J connectivity index is 1.62. The first-order chi connectivity index (χ1) is 14.7. The minimum absolute atomic E-state index is 0.0550. The number of aromatic nitrogens is 3. The van der Waals surface area contributed by atoms with Crippen LogP contribution in [0.25, 0.3) is 10.2 Å². The van der Waals surface area contributed by atoms with E-state index in [9.17, 15) is 13.2 Å². The highest BCUT2D eigenvalue weighted by Crippen LogP contribution is 2.30. The largest absolute Gasteiger partial charge is 0.308 e. The smallest absolute Gasteiger partial charge is 0.294 e. The summed E-state index contributed by atoms with van der Waals surface area (Å²) in [4.78, 5) is 12.4. The summed E-state index contributed by atoms with van der Waals surface area (Å²) in [6.45, 7) is 4.35. The van der Waals surface area contributed by atoms with Gasteiger partial charge < -0.3 is 0 Å². The minimum atomic E-state index is -3.87. The number of nitrogens with one attached hydrogen (secondary N) is 1. The molecule has 0 aliphatic carbocycles. The third-order valence-electron chi connectivity index (χ3n) is 4.20. The van der Waals surface area contributed by atoms with Crippen LogP contribution in [0.4, 0.5) is 5.13 Å². The fourth-order valence-corrected chi connectivity index (χ4v) is 7.27. The van der Waals surface area contributed by atoms with Crippen molar-refractivity contribution in [2.24, 2.45) is 0 Å². The molecule has 0 radical (unpaired) electrons. The third kappa shape index (κ3) is 4.96. The molecule has 2 heterocycles. The van der Waals surface area contributed by atoms with Crippen LogP contribution in [-0.4, -0.2) is 28.4 Å². The number of anilines is 1. The molecule has 2 aromatic heterocycles. The van der Waals surface area contributed by atoms with Crippen molar-refractivity contribution in [2.75, 3.05) is 4.72 Å². The second kappa shape index (κ2) is 8.91. The van der Waals surface area contributed by atoms with E-state index in [4.69, 9.17) is 11.6 Å². The summed E-state index contributed by atoms with van der Waals surface area (Å²) in [6.07, 6.45) is 0. The van der Waals surface area contributed by atoms with Crippen LogP contribution in [0.15, 0.2) is 56.5 Å². The molecule has 4 aromatic rings. The Labute approximate surface area is 196 Å². The van der Waals surface area contributed by atoms with E-state index in [1.54, 1.807) is 16.7 Å². The van der Waals surface area contributed by atoms with Crippen molar-refractivity contribution in [2.45, 2.75) is 34.9 Å². The zero-order chi connectivity index (χ0) is 22.2. The quantitative estimate of drug-likeness (QED) is 0.353. The number of rotatable bonds is 7. The molecule has 0 unspecified atom stereocenters. The van der Waals surface area contributed by atoms with Crippen LogP contribution < -0.4 is 9.60 Å². The second-order valence-electron chi connectivity index (χ2n) is 6.82. The van der Waals surface area contributed by atoms with Gasteiger partial charge in [0.25, 0.3) is 10.0 Å². The van der Waals surface area contributed by atoms with Crippen molar-refractivity contribution >= 4 is 71.4 Å². The Hall–Kier alpha value is -1.92. The molecule has 0 atom stereocenters. The van der Waals surface area contributed by atoms with Crippen molar-refractivity contribution in [1.29, 1.82) is 0 Å². The maximum Gasteiger partial charge on any atom is 0.308 e. The van der Waals surface area contributed by atoms with Gasteiger partial charge in [0.2, 0.25) is 5.13 Å². The Morgan fingerprint density at radius 2 is 1.94 bits per heavy atom. The summed E-state index contributed by atoms with van der Waals surface area (Å²) in [6, 6.07) is 11.9. The fraction of sp³-hybridized carbons (Fsp3) is 0.211. The lowest BCUT2D eigenvalue weighted by atomic mass is 10.2. The van der Waals surface area contributed by atoms with Crippen LogP contribution in [-0.2, 0) is 16.6 Å². The number of fused-ring (bicyclic) bond motifs is 1. The van der Waals surface area contributed by atoms with Crippen LogP contribution in [0, 0.1) is 0 Å². The Bertz CT molecular complexity index is 1410. The summed E-state index contributed by atoms with van der Waals surface area (Å²) in [5, 5.41) is 9.00. The molecule has 2 aromatic carbocycles. The van der Waals surface area contributed by atoms with E-state index in [0.717, 1.165) is 16.9 Å². The molecule has 0 fully saturated rings. The van der Waals surface area contributed by atoms with Crippen molar-refractivity contribution in [3.63, 3.8) is 0 Å². The molecule has 0 saturated carbocycles. The van der Waals surface area contributed by atoms with E-state index >= 15 is 0 Å². The van der Waals surface area contributed by atoms with Gasteiger partial charge in [0.15, 0.2) is 4.34 Å². The molecule has 0 amide bonds. The number of thioether (sulfide) groups is 1. The molecule has 0 saturated heterocycles. The molecule has 0 spiro atoms. The number of hydrogen-bond donors (Lipinski definition) is 1. The predicted molar refractivity (Wildman–Crippen MR) is 128 cm³/mol. The lowest BCUT2D eigenvalue weighted by Crippen LogP contribution is -2.14. The zero-order valence-corrected chi connectivity index (χ0v) is 20.4. The zero-order valence-electron chi connectivity index (χ0n) is 16.4. The van der Waals surface area contributed by atoms with Gasteiger partial charge in [-0.15, -0.1) is 10.2 Å². The number of benzene rings is 2. The fourth-order valence-electron chi connectivity index (χ4n) is 2.83. The van der Waals surface area contributed by atoms with Gasteiger partial charge in [0.1, 0.15) is 0 Å². The minimum Gasteiger partial charge on any atom is -0.294 e. The molecule has 12 heteroatoms. The van der Waals surface area contributed by atoms with E-state index in [0.29, 0.717) is 31.4 Å². The van der Waals surface area contributed by atoms with Crippen molar-refractivity contribution in [1.82, 2.24) is 14.8 Å². The number of sulfonamides is 1. The predicted octanol–water partition coefficient (Wildman–Crippen LogP) is 4.92. The number of nitrogens with zero attached hydrogens (tertiary/aromatic N) is 3. The van der Waals surface area contributed by atoms with Crippen molar-refractivity contribution in [3.8, 4) is 0 Å². The second-order valence-corrected chi connectivity index (χ2v) is 12.7. The van der Waals surface area contributed by atoms with Crippen LogP contribution in [0.1, 0.15) is 19.4 Å². The van der Waals surface area contributed by atoms with E-state index in [1.165, 1.54) is 35.2 Å². The van der Waals surface area contributed by atoms with Gasteiger partial charge in [-0.3, -0.25) is 14.1 Å². The van der Waals surface area contributed by atoms with Crippen LogP contribution in [0.5, 0.6) is 0 Å². The van der Waals surface area contributed by atoms with Crippen molar-refractivity contribution in [3.05, 3.63) is 62.7 Å². The van der Waals surface area contributed by atoms with Crippen LogP contribution >= 0.6 is 46.0 Å². The molecule has 162 valence electrons. The lowest BCUT2D eigenvalue weighted by Gasteiger charge is -2.07. The Kier molecular flexibility index (Phi) is 6.40. The molecule has 4 rings (SSSR count). The number of hydrogen-bond acceptors (Lipinski definition) is 8. The first-order valence-electron chi connectivity index (χ1n) is 9.13. The summed E-state index contributed by atoms with van der Waals surface area (Å²) < 4.78 is 31.0. The van der Waals surface area contributed by atoms with Gasteiger partial charge in [-0.25, -0.2) is 8.42 Å². The first-order valence-corrected chi connectivity index (χ1v) is 13.5. The normalized spacial score (nSPS) is 12.0. The Morgan fingerprint density at radius 3 is 2.68 bits per heavy atom. The average molecular weight is 513 g/mol. The molecule has 0 aliphatic heterocycles. The monoisotopic (exact) mass is 512 g/mol. The molecule has 0 aliphatic rings. The molecule has 0 bridgehead atoms. The first kappa shape index (κ1) is 22.3. The van der Waals surface area contributed by atoms with Gasteiger partial charge in [-0.1, -0.05) is 78.1 Å². The average Bonchev–Trinajstić information content (AvgIpc) is 3.25. The number of thiazole rings is 1. The lowest BCUT2D eigenvalue weighted by molar-refractivity contribution is 0.601. The summed E-state index contributed by atoms with van der Waals surface area (Å²) >= 11 is 9.92. The van der Waals surface area contributed by atoms with Gasteiger partial charge in [-0.05, 0) is 29.8 Å². The van der Waals surface area contributed by atoms with E-state index < -0.39 is 10.0 Å². The van der Waals surface area contributed by atoms with E-state index in [2.05, 4.69) is 14.9 Å². The van der Waals surface area contributed by atoms with Gasteiger partial charge >= 0.3 is 4.87 Å². The molecular formula is C19H17ClN4O3S4. The highest BCUT2D eigenvalue weighted by atomic mass is 35.5. The standard InChI is InChI=1S/C19H17ClN4O3S4/c1-11(2)28-18-22-21-17(30-18)23-31(26,27)13-7-8-15-16(9-13)29-19(25)24(15)10-12-5-3-4-6-14(12)20/h3-9,11H,10H2,1-2H3,(H,21,23). The SMILES string of the molecule is CC(C)Sc1nnc(NS(=O)(=O)c2ccc3c(c2)sc(=O)n3Cc2ccccc2Cl)s1. The van der Waals surface area contributed by atoms with Crippen LogP contribution in [0.2, 0.25) is 5.02 Å². The highest BCUT2D eigenvalue weighted by molar-refractivity contribution is 8.01. The van der Waals surface area contributed by atoms with Gasteiger partial charge in [0, 0.05) is 10.3 Å². The third-order valence-corrected chi connectivity index (χ3v) is 8.90. The number of halogens is 1. The molecule has 31 heavy (non-hydrogen) atoms. The molecular weight excluding hydrogens is 496 g/mol. The summed E-state index contributed by atoms with van der Waals surface area (Å²) in [7, 11) is -3.87. The Morgan fingerprint density at radius 1 is 1.16 bits per heavy atom. The maximum atomic E-state index is 12.8. The van der Waals surface area contributed by atoms with Crippen LogP contribution in [0.3, 0.4) is 0 Å². The van der Waals surface area contributed by atoms with E-state index in [-0.39, 0.29) is 14.9 Å². The van der Waals surface area contributed by atoms with Gasteiger partial charge in [0.05, 0.1) is 21.7 Å². The summed E-state index contributed by atoms with van der Waals surface area (Å²) in [5.41, 5.74) is 1.47. The van der Waals surface area contributed by atoms with E-state index in [1.807, 2.05) is 32.0 Å². The van der Waals surface area contributed by atoms with Gasteiger partial charge in [-0.2, -0.15) is 0 Å². The summed E-state index contributed by atoms with van der Waals surface area (Å²) in [5.74, 6) is 0. The topological polar surface area (TPSA) is 94.0 Å². The molecule has 1 N–H and O–H groups in total. The maximum absolute atomic E-state index is 12.8. The van der Waals surface area contributed by atoms with Crippen molar-refractivity contribution < 1.29 is 8.42 Å².